The van der Waals surface area contributed by atoms with Crippen LogP contribution in [0.2, 0.25) is 25.7 Å². The zero-order valence-electron chi connectivity index (χ0n) is 25.9. The lowest BCUT2D eigenvalue weighted by atomic mass is 10.0. The fraction of sp³-hybridized carbons (Fsp3) is 0.394. The van der Waals surface area contributed by atoms with Gasteiger partial charge in [0.2, 0.25) is 0 Å². The Morgan fingerprint density at radius 2 is 1.69 bits per heavy atom. The molecular weight excluding hydrogens is 595 g/mol. The van der Waals surface area contributed by atoms with Crippen LogP contribution in [0.25, 0.3) is 33.4 Å². The largest absolute Gasteiger partial charge is 0.470 e. The third-order valence-corrected chi connectivity index (χ3v) is 9.84. The molecule has 238 valence electrons. The molecule has 3 N–H and O–H groups in total. The molecule has 12 heteroatoms. The Balaban J connectivity index is 1.26. The van der Waals surface area contributed by atoms with Gasteiger partial charge < -0.3 is 34.7 Å². The standard InChI is InChI=1S/C33H39FN4O6Si/c1-35-33(40)36-23-11-9-21(10-12-23)20-5-7-22(8-6-20)30-24(34)15-26-25(37-30)16-29(38(26)19-41-13-14-45(2,3)4)44-28-18-43-31-27(39)17-42-32(28)31/h5-12,15-16,27-28,31-32,39H,13-14,17-19H2,1-4H3,(H2,35,36,40)/t27-,28-,31-,32-/m1/s1. The maximum Gasteiger partial charge on any atom is 0.318 e. The highest BCUT2D eigenvalue weighted by atomic mass is 28.3. The number of ether oxygens (including phenoxy) is 4. The maximum absolute atomic E-state index is 15.7. The van der Waals surface area contributed by atoms with Crippen LogP contribution in [0.5, 0.6) is 5.88 Å². The second-order valence-electron chi connectivity index (χ2n) is 12.7. The zero-order valence-corrected chi connectivity index (χ0v) is 26.9. The number of nitrogens with zero attached hydrogens (tertiary/aromatic N) is 2. The molecule has 2 aromatic heterocycles. The van der Waals surface area contributed by atoms with E-state index in [1.165, 1.54) is 6.07 Å². The Morgan fingerprint density at radius 1 is 1.02 bits per heavy atom. The van der Waals surface area contributed by atoms with Crippen molar-refractivity contribution >= 4 is 30.8 Å². The Bertz CT molecular complexity index is 1660. The zero-order chi connectivity index (χ0) is 31.7. The van der Waals surface area contributed by atoms with E-state index in [1.807, 2.05) is 48.5 Å². The number of fused-ring (bicyclic) bond motifs is 2. The van der Waals surface area contributed by atoms with Crippen LogP contribution in [0.1, 0.15) is 0 Å². The van der Waals surface area contributed by atoms with Gasteiger partial charge in [-0.05, 0) is 29.3 Å². The molecule has 2 aliphatic heterocycles. The third kappa shape index (κ3) is 6.90. The predicted octanol–water partition coefficient (Wildman–Crippen LogP) is 5.48. The molecular formula is C33H39FN4O6Si. The minimum Gasteiger partial charge on any atom is -0.470 e. The molecule has 2 fully saturated rings. The van der Waals surface area contributed by atoms with Gasteiger partial charge in [-0.3, -0.25) is 4.57 Å². The number of carbonyl (C=O) groups is 1. The number of rotatable bonds is 10. The lowest BCUT2D eigenvalue weighted by Crippen LogP contribution is -2.35. The van der Waals surface area contributed by atoms with Crippen LogP contribution < -0.4 is 15.4 Å². The average Bonchev–Trinajstić information content (AvgIpc) is 3.69. The Morgan fingerprint density at radius 3 is 2.38 bits per heavy atom. The summed E-state index contributed by atoms with van der Waals surface area (Å²) in [6.07, 6.45) is -1.93. The lowest BCUT2D eigenvalue weighted by Gasteiger charge is -2.20. The van der Waals surface area contributed by atoms with Gasteiger partial charge in [-0.25, -0.2) is 14.2 Å². The predicted molar refractivity (Wildman–Crippen MR) is 173 cm³/mol. The van der Waals surface area contributed by atoms with Gasteiger partial charge in [-0.15, -0.1) is 0 Å². The number of pyridine rings is 1. The van der Waals surface area contributed by atoms with E-state index in [4.69, 9.17) is 23.9 Å². The van der Waals surface area contributed by atoms with Crippen molar-refractivity contribution in [2.45, 2.75) is 56.8 Å². The van der Waals surface area contributed by atoms with Crippen molar-refractivity contribution in [1.29, 1.82) is 0 Å². The average molecular weight is 635 g/mol. The molecule has 45 heavy (non-hydrogen) atoms. The highest BCUT2D eigenvalue weighted by Gasteiger charge is 2.48. The van der Waals surface area contributed by atoms with E-state index >= 15 is 4.39 Å². The molecule has 0 aliphatic carbocycles. The van der Waals surface area contributed by atoms with E-state index in [0.29, 0.717) is 34.8 Å². The first-order valence-corrected chi connectivity index (χ1v) is 18.9. The first-order chi connectivity index (χ1) is 21.6. The quantitative estimate of drug-likeness (QED) is 0.156. The smallest absolute Gasteiger partial charge is 0.318 e. The summed E-state index contributed by atoms with van der Waals surface area (Å²) in [6.45, 7) is 8.12. The minimum atomic E-state index is -1.30. The number of amides is 2. The molecule has 0 spiro atoms. The van der Waals surface area contributed by atoms with E-state index in [-0.39, 0.29) is 37.8 Å². The summed E-state index contributed by atoms with van der Waals surface area (Å²) in [7, 11) is 0.262. The van der Waals surface area contributed by atoms with Crippen molar-refractivity contribution in [1.82, 2.24) is 14.9 Å². The summed E-state index contributed by atoms with van der Waals surface area (Å²) in [4.78, 5) is 16.3. The van der Waals surface area contributed by atoms with Crippen LogP contribution in [0.3, 0.4) is 0 Å². The number of aromatic nitrogens is 2. The highest BCUT2D eigenvalue weighted by Crippen LogP contribution is 2.34. The fourth-order valence-corrected chi connectivity index (χ4v) is 6.31. The van der Waals surface area contributed by atoms with Crippen molar-refractivity contribution in [3.8, 4) is 28.3 Å². The molecule has 2 aliphatic rings. The number of benzene rings is 2. The van der Waals surface area contributed by atoms with Crippen LogP contribution in [-0.2, 0) is 20.9 Å². The molecule has 2 aromatic carbocycles. The van der Waals surface area contributed by atoms with Crippen molar-refractivity contribution in [2.24, 2.45) is 0 Å². The van der Waals surface area contributed by atoms with Crippen LogP contribution in [-0.4, -0.2) is 80.0 Å². The number of hydrogen-bond acceptors (Lipinski definition) is 7. The molecule has 2 amide bonds. The van der Waals surface area contributed by atoms with Gasteiger partial charge in [0, 0.05) is 45.1 Å². The van der Waals surface area contributed by atoms with E-state index in [2.05, 4.69) is 30.3 Å². The second-order valence-corrected chi connectivity index (χ2v) is 18.3. The number of hydrogen-bond donors (Lipinski definition) is 3. The van der Waals surface area contributed by atoms with Gasteiger partial charge >= 0.3 is 6.03 Å². The Hall–Kier alpha value is -3.81. The van der Waals surface area contributed by atoms with Crippen LogP contribution in [0.15, 0.2) is 60.7 Å². The molecule has 0 bridgehead atoms. The molecule has 0 radical (unpaired) electrons. The number of aliphatic hydroxyl groups excluding tert-OH is 1. The minimum absolute atomic E-state index is 0.182. The number of halogens is 1. The third-order valence-electron chi connectivity index (χ3n) is 8.13. The molecule has 6 rings (SSSR count). The van der Waals surface area contributed by atoms with E-state index in [9.17, 15) is 9.90 Å². The summed E-state index contributed by atoms with van der Waals surface area (Å²) >= 11 is 0. The first kappa shape index (κ1) is 31.2. The van der Waals surface area contributed by atoms with Gasteiger partial charge in [0.1, 0.15) is 30.7 Å². The molecule has 2 saturated heterocycles. The van der Waals surface area contributed by atoms with Crippen LogP contribution >= 0.6 is 0 Å². The summed E-state index contributed by atoms with van der Waals surface area (Å²) in [6, 6.07) is 19.0. The molecule has 4 aromatic rings. The van der Waals surface area contributed by atoms with Crippen molar-refractivity contribution in [3.05, 3.63) is 66.5 Å². The number of aliphatic hydroxyl groups is 1. The van der Waals surface area contributed by atoms with E-state index < -0.39 is 32.2 Å². The number of carbonyl (C=O) groups excluding carboxylic acids is 1. The van der Waals surface area contributed by atoms with E-state index in [0.717, 1.165) is 17.2 Å². The summed E-state index contributed by atoms with van der Waals surface area (Å²) in [5.41, 5.74) is 4.58. The lowest BCUT2D eigenvalue weighted by molar-refractivity contribution is 0.00479. The molecule has 4 atom stereocenters. The van der Waals surface area contributed by atoms with Gasteiger partial charge in [-0.2, -0.15) is 0 Å². The van der Waals surface area contributed by atoms with Crippen LogP contribution in [0.4, 0.5) is 14.9 Å². The summed E-state index contributed by atoms with van der Waals surface area (Å²) in [5.74, 6) is 0.0189. The molecule has 0 saturated carbocycles. The topological polar surface area (TPSA) is 116 Å². The monoisotopic (exact) mass is 634 g/mol. The maximum atomic E-state index is 15.7. The number of anilines is 1. The number of urea groups is 1. The number of nitrogens with one attached hydrogen (secondary N) is 2. The first-order valence-electron chi connectivity index (χ1n) is 15.1. The fourth-order valence-electron chi connectivity index (χ4n) is 5.56. The second kappa shape index (κ2) is 12.9. The normalized spacial score (nSPS) is 21.2. The van der Waals surface area contributed by atoms with Crippen molar-refractivity contribution in [2.75, 3.05) is 32.2 Å². The summed E-state index contributed by atoms with van der Waals surface area (Å²) < 4.78 is 41.4. The SMILES string of the molecule is CNC(=O)Nc1ccc(-c2ccc(-c3nc4cc(O[C@@H]5CO[C@H]6[C@@H]5OC[C@H]6O)n(COCC[Si](C)(C)C)c4cc3F)cc2)cc1. The van der Waals surface area contributed by atoms with Gasteiger partial charge in [0.05, 0.1) is 24.2 Å². The van der Waals surface area contributed by atoms with Crippen molar-refractivity contribution in [3.63, 3.8) is 0 Å². The van der Waals surface area contributed by atoms with Crippen LogP contribution in [0, 0.1) is 5.82 Å². The Kier molecular flexibility index (Phi) is 8.93. The van der Waals surface area contributed by atoms with Gasteiger partial charge in [0.25, 0.3) is 0 Å². The highest BCUT2D eigenvalue weighted by molar-refractivity contribution is 6.76. The summed E-state index contributed by atoms with van der Waals surface area (Å²) in [5, 5.41) is 15.4. The van der Waals surface area contributed by atoms with Crippen molar-refractivity contribution < 1.29 is 33.2 Å². The molecule has 4 heterocycles. The molecule has 0 unspecified atom stereocenters. The van der Waals surface area contributed by atoms with E-state index in [1.54, 1.807) is 17.7 Å². The molecule has 10 nitrogen and oxygen atoms in total. The van der Waals surface area contributed by atoms with Gasteiger partial charge in [0.15, 0.2) is 17.8 Å². The Labute approximate surface area is 262 Å². The van der Waals surface area contributed by atoms with Gasteiger partial charge in [-0.1, -0.05) is 56.0 Å².